The van der Waals surface area contributed by atoms with Crippen molar-refractivity contribution in [2.45, 2.75) is 5.75 Å². The van der Waals surface area contributed by atoms with E-state index in [2.05, 4.69) is 9.97 Å². The fourth-order valence-electron chi connectivity index (χ4n) is 1.29. The Morgan fingerprint density at radius 3 is 2.67 bits per heavy atom. The lowest BCUT2D eigenvalue weighted by Crippen LogP contribution is -1.94. The van der Waals surface area contributed by atoms with E-state index in [0.29, 0.717) is 23.2 Å². The first kappa shape index (κ1) is 9.86. The number of nitrogens with zero attached hydrogens (tertiary/aromatic N) is 2. The molecule has 0 saturated carbocycles. The van der Waals surface area contributed by atoms with Crippen LogP contribution >= 0.6 is 0 Å². The first-order valence-electron chi connectivity index (χ1n) is 4.52. The van der Waals surface area contributed by atoms with Crippen LogP contribution in [0.4, 0.5) is 0 Å². The number of hydrogen-bond acceptors (Lipinski definition) is 3. The third-order valence-corrected chi connectivity index (χ3v) is 2.34. The summed E-state index contributed by atoms with van der Waals surface area (Å²) in [7, 11) is 0. The maximum atomic E-state index is 10.4. The molecule has 0 N–H and O–H groups in total. The quantitative estimate of drug-likeness (QED) is 0.739. The van der Waals surface area contributed by atoms with Crippen molar-refractivity contribution >= 4 is 11.7 Å². The van der Waals surface area contributed by atoms with E-state index in [0.717, 1.165) is 11.3 Å². The van der Waals surface area contributed by atoms with Crippen LogP contribution in [0.2, 0.25) is 0 Å². The van der Waals surface area contributed by atoms with Gasteiger partial charge in [0.15, 0.2) is 5.82 Å². The normalized spacial score (nSPS) is 9.87. The number of benzene rings is 1. The molecule has 0 fully saturated rings. The molecule has 1 heterocycles. The van der Waals surface area contributed by atoms with Crippen LogP contribution in [0.15, 0.2) is 42.6 Å². The molecule has 0 saturated heterocycles. The summed E-state index contributed by atoms with van der Waals surface area (Å²) >= 11 is 0.484. The van der Waals surface area contributed by atoms with Crippen molar-refractivity contribution in [3.63, 3.8) is 0 Å². The third kappa shape index (κ3) is 2.41. The highest BCUT2D eigenvalue weighted by atomic mass is 32.1. The van der Waals surface area contributed by atoms with E-state index in [1.54, 1.807) is 6.20 Å². The van der Waals surface area contributed by atoms with Gasteiger partial charge in [-0.3, -0.25) is 0 Å². The van der Waals surface area contributed by atoms with Crippen LogP contribution in [-0.2, 0) is 21.6 Å². The van der Waals surface area contributed by atoms with Gasteiger partial charge in [0.05, 0.1) is 5.69 Å². The molecule has 74 valence electrons. The van der Waals surface area contributed by atoms with Crippen LogP contribution in [0.25, 0.3) is 11.3 Å². The van der Waals surface area contributed by atoms with Crippen LogP contribution in [0.1, 0.15) is 5.82 Å². The molecule has 0 radical (unpaired) electrons. The van der Waals surface area contributed by atoms with Gasteiger partial charge in [0.25, 0.3) is 5.75 Å². The Kier molecular flexibility index (Phi) is 3.09. The highest BCUT2D eigenvalue weighted by Gasteiger charge is 2.07. The summed E-state index contributed by atoms with van der Waals surface area (Å²) in [5.41, 5.74) is 1.90. The van der Waals surface area contributed by atoms with Gasteiger partial charge in [-0.05, 0) is 6.07 Å². The second-order valence-electron chi connectivity index (χ2n) is 2.99. The first-order valence-corrected chi connectivity index (χ1v) is 5.43. The average molecular weight is 217 g/mol. The molecule has 0 bridgehead atoms. The molecule has 0 unspecified atom stereocenters. The third-order valence-electron chi connectivity index (χ3n) is 1.96. The number of aromatic nitrogens is 2. The zero-order valence-electron chi connectivity index (χ0n) is 7.96. The average Bonchev–Trinajstić information content (AvgIpc) is 2.31. The van der Waals surface area contributed by atoms with Crippen molar-refractivity contribution < 1.29 is 4.21 Å². The smallest absolute Gasteiger partial charge is 0.236 e. The van der Waals surface area contributed by atoms with Gasteiger partial charge in [-0.15, -0.1) is 0 Å². The Hall–Kier alpha value is -1.68. The Labute approximate surface area is 91.7 Å². The lowest BCUT2D eigenvalue weighted by Gasteiger charge is -1.99. The van der Waals surface area contributed by atoms with E-state index in [-0.39, 0.29) is 0 Å². The van der Waals surface area contributed by atoms with Crippen LogP contribution in [0, 0.1) is 0 Å². The highest BCUT2D eigenvalue weighted by Crippen LogP contribution is 2.15. The van der Waals surface area contributed by atoms with E-state index in [1.165, 1.54) is 0 Å². The van der Waals surface area contributed by atoms with E-state index in [1.807, 2.05) is 36.4 Å². The van der Waals surface area contributed by atoms with Gasteiger partial charge in [0, 0.05) is 16.0 Å². The summed E-state index contributed by atoms with van der Waals surface area (Å²) in [6.07, 6.45) is 1.68. The maximum Gasteiger partial charge on any atom is 0.467 e. The van der Waals surface area contributed by atoms with Crippen molar-refractivity contribution in [2.24, 2.45) is 0 Å². The second-order valence-corrected chi connectivity index (χ2v) is 3.51. The molecule has 2 aromatic rings. The van der Waals surface area contributed by atoms with Gasteiger partial charge in [-0.1, -0.05) is 30.3 Å². The zero-order valence-corrected chi connectivity index (χ0v) is 8.78. The molecule has 0 aliphatic carbocycles. The Balaban J connectivity index is 2.37. The summed E-state index contributed by atoms with van der Waals surface area (Å²) in [4.78, 5) is 8.32. The monoisotopic (exact) mass is 217 g/mol. The molecule has 0 aliphatic heterocycles. The van der Waals surface area contributed by atoms with Gasteiger partial charge in [-0.2, -0.15) is 0 Å². The first-order chi connectivity index (χ1) is 7.40. The fraction of sp³-hybridized carbons (Fsp3) is 0.0909. The Bertz CT molecular complexity index is 459. The summed E-state index contributed by atoms with van der Waals surface area (Å²) in [6.45, 7) is 0. The van der Waals surface area contributed by atoms with E-state index in [9.17, 15) is 4.21 Å². The summed E-state index contributed by atoms with van der Waals surface area (Å²) < 4.78 is 10.4. The van der Waals surface area contributed by atoms with E-state index in [4.69, 9.17) is 0 Å². The van der Waals surface area contributed by atoms with Crippen LogP contribution in [0.5, 0.6) is 0 Å². The second kappa shape index (κ2) is 4.70. The largest absolute Gasteiger partial charge is 0.467 e. The molecule has 0 spiro atoms. The molecule has 4 heteroatoms. The van der Waals surface area contributed by atoms with Crippen molar-refractivity contribution in [3.05, 3.63) is 48.4 Å². The lowest BCUT2D eigenvalue weighted by atomic mass is 10.1. The highest BCUT2D eigenvalue weighted by molar-refractivity contribution is 7.64. The lowest BCUT2D eigenvalue weighted by molar-refractivity contribution is 0.604. The number of hydrogen-bond donors (Lipinski definition) is 0. The van der Waals surface area contributed by atoms with Gasteiger partial charge in [-0.25, -0.2) is 9.97 Å². The SMILES string of the molecule is O=[S+]Cc1nccc(-c2ccccc2)n1. The molecule has 2 rings (SSSR count). The fourth-order valence-corrected chi connectivity index (χ4v) is 1.54. The van der Waals surface area contributed by atoms with Crippen molar-refractivity contribution in [2.75, 3.05) is 0 Å². The molecule has 15 heavy (non-hydrogen) atoms. The predicted octanol–water partition coefficient (Wildman–Crippen LogP) is 2.07. The minimum Gasteiger partial charge on any atom is -0.236 e. The van der Waals surface area contributed by atoms with Gasteiger partial charge < -0.3 is 0 Å². The topological polar surface area (TPSA) is 42.9 Å². The summed E-state index contributed by atoms with van der Waals surface area (Å²) in [5.74, 6) is 0.886. The standard InChI is InChI=1S/C11H9N2OS/c14-15-8-11-12-7-6-10(13-11)9-4-2-1-3-5-9/h1-7H,8H2/q+1. The molecule has 0 atom stereocenters. The minimum atomic E-state index is 0.306. The Morgan fingerprint density at radius 2 is 1.93 bits per heavy atom. The van der Waals surface area contributed by atoms with Gasteiger partial charge >= 0.3 is 11.7 Å². The predicted molar refractivity (Wildman–Crippen MR) is 59.2 cm³/mol. The summed E-state index contributed by atoms with van der Waals surface area (Å²) in [5, 5.41) is 0. The minimum absolute atomic E-state index is 0.306. The zero-order chi connectivity index (χ0) is 10.5. The van der Waals surface area contributed by atoms with Crippen molar-refractivity contribution in [1.29, 1.82) is 0 Å². The molecule has 3 nitrogen and oxygen atoms in total. The van der Waals surface area contributed by atoms with E-state index >= 15 is 0 Å². The molecule has 0 amide bonds. The summed E-state index contributed by atoms with van der Waals surface area (Å²) in [6, 6.07) is 11.7. The van der Waals surface area contributed by atoms with Crippen LogP contribution < -0.4 is 0 Å². The Morgan fingerprint density at radius 1 is 1.13 bits per heavy atom. The van der Waals surface area contributed by atoms with Crippen LogP contribution in [0.3, 0.4) is 0 Å². The molecule has 0 aliphatic rings. The van der Waals surface area contributed by atoms with Crippen LogP contribution in [-0.4, -0.2) is 9.97 Å². The maximum absolute atomic E-state index is 10.4. The van der Waals surface area contributed by atoms with E-state index < -0.39 is 0 Å². The molecular weight excluding hydrogens is 208 g/mol. The van der Waals surface area contributed by atoms with Crippen molar-refractivity contribution in [3.8, 4) is 11.3 Å². The van der Waals surface area contributed by atoms with Gasteiger partial charge in [0.1, 0.15) is 0 Å². The van der Waals surface area contributed by atoms with Crippen molar-refractivity contribution in [1.82, 2.24) is 9.97 Å². The van der Waals surface area contributed by atoms with Gasteiger partial charge in [0.2, 0.25) is 0 Å². The molecular formula is C11H9N2OS+. The number of rotatable bonds is 3. The molecule has 1 aromatic carbocycles. The molecule has 1 aromatic heterocycles.